The van der Waals surface area contributed by atoms with E-state index in [1.54, 1.807) is 0 Å². The van der Waals surface area contributed by atoms with Crippen molar-refractivity contribution in [1.29, 1.82) is 0 Å². The highest BCUT2D eigenvalue weighted by Gasteiger charge is 2.32. The van der Waals surface area contributed by atoms with Crippen molar-refractivity contribution in [3.8, 4) is 11.4 Å². The number of aromatic nitrogens is 2. The summed E-state index contributed by atoms with van der Waals surface area (Å²) in [4.78, 5) is 33.5. The summed E-state index contributed by atoms with van der Waals surface area (Å²) in [6.45, 7) is 7.54. The number of benzene rings is 4. The number of anilines is 2. The molecule has 2 aliphatic heterocycles. The highest BCUT2D eigenvalue weighted by Crippen LogP contribution is 2.47. The topological polar surface area (TPSA) is 84.8 Å². The van der Waals surface area contributed by atoms with Gasteiger partial charge in [0.15, 0.2) is 0 Å². The van der Waals surface area contributed by atoms with Crippen molar-refractivity contribution in [2.75, 3.05) is 55.6 Å². The summed E-state index contributed by atoms with van der Waals surface area (Å²) in [6, 6.07) is 35.7. The Hall–Kier alpha value is -5.08. The molecule has 1 aliphatic carbocycles. The zero-order chi connectivity index (χ0) is 35.4. The van der Waals surface area contributed by atoms with E-state index < -0.39 is 5.69 Å². The van der Waals surface area contributed by atoms with Gasteiger partial charge in [0.1, 0.15) is 5.75 Å². The number of aromatic hydroxyl groups is 1. The Labute approximate surface area is 306 Å². The van der Waals surface area contributed by atoms with Crippen LogP contribution in [0.1, 0.15) is 66.2 Å². The number of phenolic OH excluding ortho intramolecular Hbond substituents is 1. The van der Waals surface area contributed by atoms with Gasteiger partial charge in [-0.2, -0.15) is 0 Å². The van der Waals surface area contributed by atoms with Crippen LogP contribution in [0.3, 0.4) is 0 Å². The molecule has 0 unspecified atom stereocenters. The standard InChI is InChI=1S/C44H49N5O3/c50-39-17-19-41-35(31-39)10-18-40(33-6-2-1-3-7-33)43(41)34-8-11-36(12-9-34)47-24-20-32(21-25-47)5-4-23-46-27-29-48(30-28-46)37-13-15-38(16-14-37)49-26-22-42(51)45-44(49)52/h1-3,6-9,11-17,19,22,26,31-32,40,43,50H,4-5,10,18,20-21,23-25,27-30H2,(H,45,51,52)/t40-,43+/m1/s1. The Morgan fingerprint density at radius 1 is 0.673 bits per heavy atom. The van der Waals surface area contributed by atoms with Gasteiger partial charge in [0.2, 0.25) is 0 Å². The van der Waals surface area contributed by atoms with Crippen molar-refractivity contribution < 1.29 is 5.11 Å². The Morgan fingerprint density at radius 2 is 1.35 bits per heavy atom. The number of phenols is 1. The maximum absolute atomic E-state index is 12.1. The number of fused-ring (bicyclic) bond motifs is 1. The number of hydrogen-bond donors (Lipinski definition) is 2. The number of aromatic amines is 1. The summed E-state index contributed by atoms with van der Waals surface area (Å²) in [7, 11) is 0. The second-order valence-corrected chi connectivity index (χ2v) is 14.9. The minimum Gasteiger partial charge on any atom is -0.508 e. The Kier molecular flexibility index (Phi) is 9.99. The fraction of sp³-hybridized carbons (Fsp3) is 0.364. The van der Waals surface area contributed by atoms with Gasteiger partial charge < -0.3 is 14.9 Å². The van der Waals surface area contributed by atoms with Crippen LogP contribution in [0.4, 0.5) is 11.4 Å². The minimum absolute atomic E-state index is 0.282. The number of piperidine rings is 1. The molecule has 268 valence electrons. The highest BCUT2D eigenvalue weighted by atomic mass is 16.3. The zero-order valence-corrected chi connectivity index (χ0v) is 29.9. The van der Waals surface area contributed by atoms with E-state index in [1.807, 2.05) is 24.3 Å². The minimum atomic E-state index is -0.424. The molecule has 8 heteroatoms. The molecule has 1 aromatic heterocycles. The lowest BCUT2D eigenvalue weighted by Gasteiger charge is -2.37. The number of H-pyrrole nitrogens is 1. The molecular weight excluding hydrogens is 647 g/mol. The normalized spacial score (nSPS) is 19.8. The third kappa shape index (κ3) is 7.44. The Morgan fingerprint density at radius 3 is 2.06 bits per heavy atom. The van der Waals surface area contributed by atoms with Crippen LogP contribution in [0.5, 0.6) is 5.75 Å². The van der Waals surface area contributed by atoms with E-state index in [-0.39, 0.29) is 11.5 Å². The Bertz CT molecular complexity index is 2060. The first-order valence-electron chi connectivity index (χ1n) is 19.1. The number of piperazine rings is 1. The zero-order valence-electron chi connectivity index (χ0n) is 29.9. The van der Waals surface area contributed by atoms with Crippen LogP contribution in [0.15, 0.2) is 119 Å². The van der Waals surface area contributed by atoms with Crippen molar-refractivity contribution >= 4 is 11.4 Å². The van der Waals surface area contributed by atoms with E-state index >= 15 is 0 Å². The van der Waals surface area contributed by atoms with E-state index in [0.717, 1.165) is 70.3 Å². The predicted octanol–water partition coefficient (Wildman–Crippen LogP) is 6.91. The molecule has 0 bridgehead atoms. The van der Waals surface area contributed by atoms with Crippen LogP contribution in [0.25, 0.3) is 5.69 Å². The molecule has 0 radical (unpaired) electrons. The van der Waals surface area contributed by atoms with Crippen LogP contribution in [-0.2, 0) is 6.42 Å². The first-order chi connectivity index (χ1) is 25.5. The second kappa shape index (κ2) is 15.3. The van der Waals surface area contributed by atoms with E-state index in [1.165, 1.54) is 76.1 Å². The number of hydrogen-bond acceptors (Lipinski definition) is 6. The molecule has 5 aromatic rings. The molecule has 3 heterocycles. The van der Waals surface area contributed by atoms with Crippen molar-refractivity contribution in [3.63, 3.8) is 0 Å². The first-order valence-corrected chi connectivity index (χ1v) is 19.1. The van der Waals surface area contributed by atoms with E-state index in [0.29, 0.717) is 11.7 Å². The fourth-order valence-electron chi connectivity index (χ4n) is 8.93. The number of aryl methyl sites for hydroxylation is 1. The van der Waals surface area contributed by atoms with Crippen molar-refractivity contribution in [2.24, 2.45) is 5.92 Å². The third-order valence-electron chi connectivity index (χ3n) is 11.8. The molecule has 52 heavy (non-hydrogen) atoms. The van der Waals surface area contributed by atoms with Crippen LogP contribution >= 0.6 is 0 Å². The molecule has 2 saturated heterocycles. The lowest BCUT2D eigenvalue weighted by Crippen LogP contribution is -2.46. The molecular formula is C44H49N5O3. The molecule has 8 nitrogen and oxygen atoms in total. The Balaban J connectivity index is 0.802. The molecule has 2 atom stereocenters. The molecule has 3 aliphatic rings. The second-order valence-electron chi connectivity index (χ2n) is 14.9. The van der Waals surface area contributed by atoms with Crippen LogP contribution in [-0.4, -0.2) is 65.4 Å². The monoisotopic (exact) mass is 695 g/mol. The average molecular weight is 696 g/mol. The van der Waals surface area contributed by atoms with E-state index in [4.69, 9.17) is 0 Å². The lowest BCUT2D eigenvalue weighted by molar-refractivity contribution is 0.241. The molecule has 8 rings (SSSR count). The quantitative estimate of drug-likeness (QED) is 0.174. The van der Waals surface area contributed by atoms with Gasteiger partial charge in [0, 0.05) is 68.8 Å². The number of rotatable bonds is 9. The van der Waals surface area contributed by atoms with E-state index in [2.05, 4.69) is 92.5 Å². The maximum atomic E-state index is 12.1. The summed E-state index contributed by atoms with van der Waals surface area (Å²) < 4.78 is 1.46. The van der Waals surface area contributed by atoms with Gasteiger partial charge in [-0.05, 0) is 128 Å². The molecule has 0 spiro atoms. The predicted molar refractivity (Wildman–Crippen MR) is 209 cm³/mol. The van der Waals surface area contributed by atoms with Gasteiger partial charge in [0.25, 0.3) is 5.56 Å². The van der Waals surface area contributed by atoms with Gasteiger partial charge >= 0.3 is 5.69 Å². The molecule has 0 amide bonds. The van der Waals surface area contributed by atoms with Gasteiger partial charge in [-0.25, -0.2) is 4.79 Å². The smallest absolute Gasteiger partial charge is 0.332 e. The SMILES string of the molecule is O=c1ccn(-c2ccc(N3CCN(CCCC4CCN(c5ccc([C@@H]6c7ccc(O)cc7CC[C@@H]6c6ccccc6)cc5)CC4)CC3)cc2)c(=O)[nH]1. The van der Waals surface area contributed by atoms with Crippen LogP contribution < -0.4 is 21.0 Å². The average Bonchev–Trinajstić information content (AvgIpc) is 3.18. The highest BCUT2D eigenvalue weighted by molar-refractivity contribution is 5.53. The van der Waals surface area contributed by atoms with Gasteiger partial charge in [-0.15, -0.1) is 0 Å². The van der Waals surface area contributed by atoms with Crippen molar-refractivity contribution in [2.45, 2.75) is 50.4 Å². The van der Waals surface area contributed by atoms with E-state index in [9.17, 15) is 14.7 Å². The van der Waals surface area contributed by atoms with Gasteiger partial charge in [-0.1, -0.05) is 48.5 Å². The first kappa shape index (κ1) is 34.0. The molecule has 2 N–H and O–H groups in total. The number of nitrogens with zero attached hydrogens (tertiary/aromatic N) is 4. The lowest BCUT2D eigenvalue weighted by atomic mass is 9.69. The van der Waals surface area contributed by atoms with Crippen LogP contribution in [0, 0.1) is 5.92 Å². The van der Waals surface area contributed by atoms with Crippen molar-refractivity contribution in [1.82, 2.24) is 14.5 Å². The molecule has 2 fully saturated rings. The fourth-order valence-corrected chi connectivity index (χ4v) is 8.93. The van der Waals surface area contributed by atoms with Crippen molar-refractivity contribution in [3.05, 3.63) is 152 Å². The summed E-state index contributed by atoms with van der Waals surface area (Å²) >= 11 is 0. The molecule has 0 saturated carbocycles. The number of nitrogens with one attached hydrogen (secondary N) is 1. The summed E-state index contributed by atoms with van der Waals surface area (Å²) in [5.74, 6) is 1.86. The maximum Gasteiger partial charge on any atom is 0.332 e. The molecule has 4 aromatic carbocycles. The van der Waals surface area contributed by atoms with Gasteiger partial charge in [0.05, 0.1) is 5.69 Å². The third-order valence-corrected chi connectivity index (χ3v) is 11.8. The summed E-state index contributed by atoms with van der Waals surface area (Å²) in [5.41, 5.74) is 7.81. The van der Waals surface area contributed by atoms with Crippen LogP contribution in [0.2, 0.25) is 0 Å². The van der Waals surface area contributed by atoms with Gasteiger partial charge in [-0.3, -0.25) is 19.2 Å². The largest absolute Gasteiger partial charge is 0.508 e. The summed E-state index contributed by atoms with van der Waals surface area (Å²) in [5, 5.41) is 10.2. The summed E-state index contributed by atoms with van der Waals surface area (Å²) in [6.07, 6.45) is 8.66.